The van der Waals surface area contributed by atoms with Gasteiger partial charge in [-0.05, 0) is 27.7 Å². The Morgan fingerprint density at radius 1 is 1.35 bits per heavy atom. The van der Waals surface area contributed by atoms with Crippen LogP contribution in [-0.4, -0.2) is 16.5 Å². The fourth-order valence-electron chi connectivity index (χ4n) is 3.57. The molecule has 0 aromatic rings. The molecule has 0 aliphatic carbocycles. The molecular weight excluding hydrogens is 246 g/mol. The van der Waals surface area contributed by atoms with Gasteiger partial charge >= 0.3 is 0 Å². The second kappa shape index (κ2) is 5.38. The first-order chi connectivity index (χ1) is 8.98. The average Bonchev–Trinajstić information content (AvgIpc) is 2.41. The highest BCUT2D eigenvalue weighted by Gasteiger charge is 2.59. The highest BCUT2D eigenvalue weighted by Crippen LogP contribution is 2.51. The zero-order valence-corrected chi connectivity index (χ0v) is 14.5. The molecule has 1 heterocycles. The third-order valence-electron chi connectivity index (χ3n) is 5.61. The van der Waals surface area contributed by atoms with E-state index >= 15 is 0 Å². The molecule has 2 atom stereocenters. The fraction of sp³-hybridized carbons (Fsp3) is 0.722. The highest BCUT2D eigenvalue weighted by molar-refractivity contribution is 5.87. The van der Waals surface area contributed by atoms with Crippen molar-refractivity contribution in [1.29, 1.82) is 0 Å². The molecule has 20 heavy (non-hydrogen) atoms. The van der Waals surface area contributed by atoms with E-state index < -0.39 is 0 Å². The first-order valence-electron chi connectivity index (χ1n) is 7.65. The van der Waals surface area contributed by atoms with E-state index in [4.69, 9.17) is 0 Å². The van der Waals surface area contributed by atoms with Gasteiger partial charge in [-0.2, -0.15) is 0 Å². The molecule has 0 fully saturated rings. The van der Waals surface area contributed by atoms with Gasteiger partial charge in [0.25, 0.3) is 0 Å². The SMILES string of the molecule is C=C(C)/C(C)=C/C(C)C1[N+]([O-])=C(CC)C(C)(C)C1(C)C. The van der Waals surface area contributed by atoms with E-state index in [9.17, 15) is 5.21 Å². The molecule has 0 aromatic carbocycles. The maximum atomic E-state index is 12.8. The largest absolute Gasteiger partial charge is 0.624 e. The van der Waals surface area contributed by atoms with Gasteiger partial charge in [0.05, 0.1) is 5.41 Å². The molecule has 0 bridgehead atoms. The summed E-state index contributed by atoms with van der Waals surface area (Å²) < 4.78 is 1.30. The van der Waals surface area contributed by atoms with Crippen LogP contribution >= 0.6 is 0 Å². The van der Waals surface area contributed by atoms with Gasteiger partial charge in [0.2, 0.25) is 0 Å². The van der Waals surface area contributed by atoms with E-state index in [1.807, 2.05) is 6.92 Å². The number of nitrogens with zero attached hydrogens (tertiary/aromatic N) is 1. The lowest BCUT2D eigenvalue weighted by atomic mass is 9.62. The van der Waals surface area contributed by atoms with Gasteiger partial charge in [0, 0.05) is 17.8 Å². The highest BCUT2D eigenvalue weighted by atomic mass is 16.5. The predicted octanol–water partition coefficient (Wildman–Crippen LogP) is 4.94. The molecule has 0 amide bonds. The summed E-state index contributed by atoms with van der Waals surface area (Å²) in [6.45, 7) is 21.2. The Labute approximate surface area is 124 Å². The third kappa shape index (κ3) is 2.45. The van der Waals surface area contributed by atoms with Crippen molar-refractivity contribution >= 4 is 5.71 Å². The number of hydroxylamine groups is 1. The third-order valence-corrected chi connectivity index (χ3v) is 5.61. The zero-order valence-electron chi connectivity index (χ0n) is 14.5. The van der Waals surface area contributed by atoms with Gasteiger partial charge in [-0.15, -0.1) is 0 Å². The number of rotatable bonds is 4. The molecule has 2 nitrogen and oxygen atoms in total. The smallest absolute Gasteiger partial charge is 0.175 e. The minimum absolute atomic E-state index is 0.0123. The molecule has 2 unspecified atom stereocenters. The molecule has 0 saturated heterocycles. The van der Waals surface area contributed by atoms with Crippen LogP contribution < -0.4 is 0 Å². The lowest BCUT2D eigenvalue weighted by molar-refractivity contribution is -0.514. The first-order valence-corrected chi connectivity index (χ1v) is 7.65. The van der Waals surface area contributed by atoms with E-state index in [1.54, 1.807) is 0 Å². The Hall–Kier alpha value is -1.05. The van der Waals surface area contributed by atoms with Crippen LogP contribution in [0.15, 0.2) is 23.8 Å². The first kappa shape index (κ1) is 17.0. The Morgan fingerprint density at radius 3 is 2.20 bits per heavy atom. The number of hydrogen-bond donors (Lipinski definition) is 0. The topological polar surface area (TPSA) is 26.1 Å². The summed E-state index contributed by atoms with van der Waals surface area (Å²) in [5.41, 5.74) is 3.17. The van der Waals surface area contributed by atoms with Crippen LogP contribution in [0, 0.1) is 22.0 Å². The van der Waals surface area contributed by atoms with Crippen LogP contribution in [0.2, 0.25) is 0 Å². The van der Waals surface area contributed by atoms with Gasteiger partial charge in [0.15, 0.2) is 11.8 Å². The summed E-state index contributed by atoms with van der Waals surface area (Å²) in [6, 6.07) is -0.0123. The van der Waals surface area contributed by atoms with Crippen molar-refractivity contribution in [1.82, 2.24) is 0 Å². The molecule has 2 heteroatoms. The molecule has 1 rings (SSSR count). The summed E-state index contributed by atoms with van der Waals surface area (Å²) in [6.07, 6.45) is 3.03. The van der Waals surface area contributed by atoms with Crippen LogP contribution in [0.5, 0.6) is 0 Å². The summed E-state index contributed by atoms with van der Waals surface area (Å²) in [5.74, 6) is 0.211. The van der Waals surface area contributed by atoms with E-state index in [-0.39, 0.29) is 22.8 Å². The average molecular weight is 277 g/mol. The minimum atomic E-state index is -0.0621. The Balaban J connectivity index is 3.28. The molecule has 0 spiro atoms. The lowest BCUT2D eigenvalue weighted by Gasteiger charge is -2.36. The maximum absolute atomic E-state index is 12.8. The van der Waals surface area contributed by atoms with E-state index in [1.165, 1.54) is 10.3 Å². The molecule has 1 aliphatic rings. The van der Waals surface area contributed by atoms with Gasteiger partial charge < -0.3 is 5.21 Å². The summed E-state index contributed by atoms with van der Waals surface area (Å²) in [5, 5.41) is 12.8. The van der Waals surface area contributed by atoms with Crippen molar-refractivity contribution in [2.75, 3.05) is 0 Å². The minimum Gasteiger partial charge on any atom is -0.624 e. The number of hydrogen-bond acceptors (Lipinski definition) is 1. The monoisotopic (exact) mass is 277 g/mol. The second-order valence-corrected chi connectivity index (χ2v) is 7.41. The van der Waals surface area contributed by atoms with Crippen molar-refractivity contribution in [3.8, 4) is 0 Å². The molecule has 0 aromatic heterocycles. The van der Waals surface area contributed by atoms with Crippen molar-refractivity contribution in [3.05, 3.63) is 29.0 Å². The summed E-state index contributed by atoms with van der Waals surface area (Å²) >= 11 is 0. The molecule has 114 valence electrons. The van der Waals surface area contributed by atoms with E-state index in [2.05, 4.69) is 61.1 Å². The molecule has 1 aliphatic heterocycles. The second-order valence-electron chi connectivity index (χ2n) is 7.41. The predicted molar refractivity (Wildman–Crippen MR) is 88.0 cm³/mol. The fourth-order valence-corrected chi connectivity index (χ4v) is 3.57. The van der Waals surface area contributed by atoms with Crippen molar-refractivity contribution in [3.63, 3.8) is 0 Å². The Morgan fingerprint density at radius 2 is 1.85 bits per heavy atom. The molecule has 0 saturated carbocycles. The standard InChI is InChI=1S/C18H31NO/c1-10-15-17(6,7)18(8,9)16(19(15)20)14(5)11-13(4)12(2)3/h11,14,16H,2,10H2,1,3-9H3/b13-11+. The zero-order chi connectivity index (χ0) is 15.9. The van der Waals surface area contributed by atoms with Gasteiger partial charge in [-0.25, -0.2) is 4.74 Å². The van der Waals surface area contributed by atoms with Crippen LogP contribution in [0.25, 0.3) is 0 Å². The van der Waals surface area contributed by atoms with Crippen LogP contribution in [-0.2, 0) is 0 Å². The normalized spacial score (nSPS) is 26.8. The van der Waals surface area contributed by atoms with E-state index in [0.29, 0.717) is 0 Å². The van der Waals surface area contributed by atoms with Crippen LogP contribution in [0.1, 0.15) is 61.8 Å². The van der Waals surface area contributed by atoms with Crippen LogP contribution in [0.3, 0.4) is 0 Å². The van der Waals surface area contributed by atoms with Crippen molar-refractivity contribution in [2.45, 2.75) is 67.9 Å². The van der Waals surface area contributed by atoms with Gasteiger partial charge in [0.1, 0.15) is 0 Å². The van der Waals surface area contributed by atoms with Crippen molar-refractivity contribution < 1.29 is 4.74 Å². The summed E-state index contributed by atoms with van der Waals surface area (Å²) in [7, 11) is 0. The van der Waals surface area contributed by atoms with E-state index in [0.717, 1.165) is 17.7 Å². The Kier molecular flexibility index (Phi) is 4.58. The summed E-state index contributed by atoms with van der Waals surface area (Å²) in [4.78, 5) is 0. The van der Waals surface area contributed by atoms with Gasteiger partial charge in [-0.3, -0.25) is 0 Å². The molecule has 0 radical (unpaired) electrons. The molecular formula is C18H31NO. The maximum Gasteiger partial charge on any atom is 0.175 e. The van der Waals surface area contributed by atoms with Crippen molar-refractivity contribution in [2.24, 2.45) is 16.7 Å². The Bertz CT molecular complexity index is 466. The number of allylic oxidation sites excluding steroid dienone is 2. The lowest BCUT2D eigenvalue weighted by Crippen LogP contribution is -2.43. The van der Waals surface area contributed by atoms with Gasteiger partial charge in [-0.1, -0.05) is 51.5 Å². The van der Waals surface area contributed by atoms with Crippen LogP contribution in [0.4, 0.5) is 0 Å². The molecule has 0 N–H and O–H groups in total. The quantitative estimate of drug-likeness (QED) is 0.406.